The monoisotopic (exact) mass is 517 g/mol. The predicted octanol–water partition coefficient (Wildman–Crippen LogP) is 6.01. The fourth-order valence-corrected chi connectivity index (χ4v) is 5.64. The Bertz CT molecular complexity index is 1500. The van der Waals surface area contributed by atoms with Crippen LogP contribution in [-0.4, -0.2) is 41.5 Å². The van der Waals surface area contributed by atoms with E-state index in [9.17, 15) is 13.2 Å². The van der Waals surface area contributed by atoms with Crippen LogP contribution in [0.1, 0.15) is 39.2 Å². The molecule has 0 unspecified atom stereocenters. The predicted molar refractivity (Wildman–Crippen MR) is 150 cm³/mol. The van der Waals surface area contributed by atoms with Crippen molar-refractivity contribution in [3.05, 3.63) is 96.7 Å². The standard InChI is InChI=1S/C30H32N2O4S/c1-23(33)31(25-14-5-4-6-15-25)20-10-9-17-28-30(2,3)29-26-16-8-7-13-24(26)18-19-27(29)32(28)21-11-12-22-37(34,35)36/h4-10,13-20H,11-12,21-22H2,1-3H3/p+1. The highest BCUT2D eigenvalue weighted by Gasteiger charge is 2.45. The highest BCUT2D eigenvalue weighted by atomic mass is 32.2. The summed E-state index contributed by atoms with van der Waals surface area (Å²) in [5.74, 6) is -0.327. The molecule has 7 heteroatoms. The topological polar surface area (TPSA) is 77.7 Å². The first-order valence-corrected chi connectivity index (χ1v) is 14.0. The van der Waals surface area contributed by atoms with Gasteiger partial charge in [0.1, 0.15) is 6.54 Å². The zero-order valence-electron chi connectivity index (χ0n) is 21.5. The molecule has 1 amide bonds. The van der Waals surface area contributed by atoms with Crippen LogP contribution < -0.4 is 4.90 Å². The van der Waals surface area contributed by atoms with E-state index in [1.54, 1.807) is 11.1 Å². The first-order valence-electron chi connectivity index (χ1n) is 12.4. The van der Waals surface area contributed by atoms with Crippen LogP contribution in [0.3, 0.4) is 0 Å². The molecule has 1 aliphatic rings. The molecule has 3 aromatic rings. The lowest BCUT2D eigenvalue weighted by Gasteiger charge is -2.17. The second-order valence-corrected chi connectivity index (χ2v) is 11.3. The number of carbonyl (C=O) groups excluding carboxylic acids is 1. The fourth-order valence-electron chi connectivity index (χ4n) is 5.07. The highest BCUT2D eigenvalue weighted by molar-refractivity contribution is 7.85. The van der Waals surface area contributed by atoms with Crippen molar-refractivity contribution < 1.29 is 22.3 Å². The maximum Gasteiger partial charge on any atom is 0.264 e. The van der Waals surface area contributed by atoms with Gasteiger partial charge in [-0.05, 0) is 55.3 Å². The number of nitrogens with zero attached hydrogens (tertiary/aromatic N) is 2. The summed E-state index contributed by atoms with van der Waals surface area (Å²) in [4.78, 5) is 13.8. The number of carbonyl (C=O) groups is 1. The molecule has 0 bridgehead atoms. The summed E-state index contributed by atoms with van der Waals surface area (Å²) in [5.41, 5.74) is 3.92. The summed E-state index contributed by atoms with van der Waals surface area (Å²) in [7, 11) is -3.98. The number of amides is 1. The van der Waals surface area contributed by atoms with Crippen molar-refractivity contribution in [2.75, 3.05) is 17.2 Å². The summed E-state index contributed by atoms with van der Waals surface area (Å²) in [6.45, 7) is 6.56. The normalized spacial score (nSPS) is 15.1. The van der Waals surface area contributed by atoms with Crippen LogP contribution in [0, 0.1) is 0 Å². The van der Waals surface area contributed by atoms with E-state index in [1.165, 1.54) is 23.3 Å². The number of fused-ring (bicyclic) bond motifs is 3. The smallest absolute Gasteiger partial charge is 0.264 e. The Morgan fingerprint density at radius 3 is 2.38 bits per heavy atom. The lowest BCUT2D eigenvalue weighted by Crippen LogP contribution is -2.28. The zero-order valence-corrected chi connectivity index (χ0v) is 22.3. The first-order chi connectivity index (χ1) is 17.6. The maximum atomic E-state index is 12.2. The Kier molecular flexibility index (Phi) is 7.76. The van der Waals surface area contributed by atoms with Gasteiger partial charge in [0, 0.05) is 42.9 Å². The largest absolute Gasteiger partial charge is 0.288 e. The van der Waals surface area contributed by atoms with Gasteiger partial charge in [0.05, 0.1) is 11.2 Å². The number of benzene rings is 3. The minimum atomic E-state index is -3.98. The van der Waals surface area contributed by atoms with Crippen molar-refractivity contribution in [1.29, 1.82) is 0 Å². The number of allylic oxidation sites excluding steroid dienone is 3. The lowest BCUT2D eigenvalue weighted by molar-refractivity contribution is -0.438. The van der Waals surface area contributed by atoms with E-state index in [2.05, 4.69) is 48.8 Å². The molecule has 4 rings (SSSR count). The van der Waals surface area contributed by atoms with Crippen molar-refractivity contribution in [2.24, 2.45) is 0 Å². The lowest BCUT2D eigenvalue weighted by atomic mass is 9.79. The van der Waals surface area contributed by atoms with Gasteiger partial charge in [-0.1, -0.05) is 48.5 Å². The van der Waals surface area contributed by atoms with Gasteiger partial charge in [-0.15, -0.1) is 0 Å². The molecule has 0 saturated carbocycles. The van der Waals surface area contributed by atoms with Crippen LogP contribution >= 0.6 is 0 Å². The molecule has 1 aliphatic heterocycles. The van der Waals surface area contributed by atoms with Gasteiger partial charge < -0.3 is 0 Å². The summed E-state index contributed by atoms with van der Waals surface area (Å²) in [5, 5.41) is 2.37. The molecule has 192 valence electrons. The molecule has 37 heavy (non-hydrogen) atoms. The molecular weight excluding hydrogens is 484 g/mol. The minimum absolute atomic E-state index is 0.0796. The second-order valence-electron chi connectivity index (χ2n) is 9.76. The summed E-state index contributed by atoms with van der Waals surface area (Å²) < 4.78 is 33.8. The molecule has 3 aromatic carbocycles. The minimum Gasteiger partial charge on any atom is -0.288 e. The van der Waals surface area contributed by atoms with E-state index in [0.29, 0.717) is 19.4 Å². The van der Waals surface area contributed by atoms with Gasteiger partial charge in [0.2, 0.25) is 11.6 Å². The van der Waals surface area contributed by atoms with Crippen molar-refractivity contribution in [2.45, 2.75) is 39.0 Å². The van der Waals surface area contributed by atoms with Crippen LogP contribution in [0.25, 0.3) is 10.8 Å². The van der Waals surface area contributed by atoms with E-state index in [-0.39, 0.29) is 17.1 Å². The van der Waals surface area contributed by atoms with Gasteiger partial charge in [-0.2, -0.15) is 13.0 Å². The third-order valence-electron chi connectivity index (χ3n) is 6.76. The Morgan fingerprint density at radius 1 is 0.973 bits per heavy atom. The fraction of sp³-hybridized carbons (Fsp3) is 0.267. The van der Waals surface area contributed by atoms with E-state index in [1.807, 2.05) is 54.6 Å². The van der Waals surface area contributed by atoms with Crippen molar-refractivity contribution in [1.82, 2.24) is 0 Å². The maximum absolute atomic E-state index is 12.2. The molecule has 0 spiro atoms. The SMILES string of the molecule is CC(=O)N(/C=C/C=C/C1=[N+](CCCCS(=O)(=O)O)c2ccc3ccccc3c2C1(C)C)c1ccccc1. The Labute approximate surface area is 219 Å². The number of para-hydroxylation sites is 1. The molecule has 0 aromatic heterocycles. The number of unbranched alkanes of at least 4 members (excludes halogenated alkanes) is 1. The van der Waals surface area contributed by atoms with Crippen molar-refractivity contribution >= 4 is 43.9 Å². The Balaban J connectivity index is 1.69. The molecule has 0 radical (unpaired) electrons. The Morgan fingerprint density at radius 2 is 1.68 bits per heavy atom. The van der Waals surface area contributed by atoms with E-state index in [4.69, 9.17) is 4.55 Å². The van der Waals surface area contributed by atoms with Gasteiger partial charge in [-0.25, -0.2) is 0 Å². The number of rotatable bonds is 9. The number of anilines is 1. The van der Waals surface area contributed by atoms with E-state index < -0.39 is 10.1 Å². The van der Waals surface area contributed by atoms with E-state index in [0.717, 1.165) is 17.1 Å². The molecule has 0 aliphatic carbocycles. The van der Waals surface area contributed by atoms with Crippen molar-refractivity contribution in [3.63, 3.8) is 0 Å². The average molecular weight is 518 g/mol. The molecule has 0 fully saturated rings. The number of hydrogen-bond donors (Lipinski definition) is 1. The third kappa shape index (κ3) is 5.89. The molecule has 0 saturated heterocycles. The van der Waals surface area contributed by atoms with E-state index >= 15 is 0 Å². The summed E-state index contributed by atoms with van der Waals surface area (Å²) in [6.07, 6.45) is 8.61. The van der Waals surface area contributed by atoms with Crippen LogP contribution in [-0.2, 0) is 20.3 Å². The third-order valence-corrected chi connectivity index (χ3v) is 7.57. The molecule has 1 heterocycles. The first kappa shape index (κ1) is 26.5. The average Bonchev–Trinajstić information content (AvgIpc) is 3.07. The summed E-state index contributed by atoms with van der Waals surface area (Å²) in [6, 6.07) is 22.1. The van der Waals surface area contributed by atoms with Crippen LogP contribution in [0.15, 0.2) is 91.2 Å². The molecule has 6 nitrogen and oxygen atoms in total. The number of hydrogen-bond acceptors (Lipinski definition) is 3. The van der Waals surface area contributed by atoms with Crippen LogP contribution in [0.4, 0.5) is 11.4 Å². The second kappa shape index (κ2) is 10.8. The molecule has 1 N–H and O–H groups in total. The van der Waals surface area contributed by atoms with Gasteiger partial charge >= 0.3 is 0 Å². The van der Waals surface area contributed by atoms with Gasteiger partial charge in [-0.3, -0.25) is 14.2 Å². The van der Waals surface area contributed by atoms with Gasteiger partial charge in [0.25, 0.3) is 10.1 Å². The Hall–Kier alpha value is -3.55. The zero-order chi connectivity index (χ0) is 26.6. The van der Waals surface area contributed by atoms with Gasteiger partial charge in [0.15, 0.2) is 5.71 Å². The molecular formula is C30H33N2O4S+. The molecule has 0 atom stereocenters. The van der Waals surface area contributed by atoms with Crippen LogP contribution in [0.5, 0.6) is 0 Å². The summed E-state index contributed by atoms with van der Waals surface area (Å²) >= 11 is 0. The highest BCUT2D eigenvalue weighted by Crippen LogP contribution is 2.44. The quantitative estimate of drug-likeness (QED) is 0.163. The van der Waals surface area contributed by atoms with Crippen LogP contribution in [0.2, 0.25) is 0 Å². The van der Waals surface area contributed by atoms with Crippen molar-refractivity contribution in [3.8, 4) is 0 Å².